The second-order valence-corrected chi connectivity index (χ2v) is 9.15. The van der Waals surface area contributed by atoms with Crippen LogP contribution < -0.4 is 21.3 Å². The average Bonchev–Trinajstić information content (AvgIpc) is 3.37. The van der Waals surface area contributed by atoms with E-state index in [2.05, 4.69) is 10.6 Å². The molecular weight excluding hydrogens is 489 g/mol. The lowest BCUT2D eigenvalue weighted by molar-refractivity contribution is -0.137. The summed E-state index contributed by atoms with van der Waals surface area (Å²) in [6.07, 6.45) is -4.83. The molecule has 2 aromatic rings. The quantitative estimate of drug-likeness (QED) is 0.550. The van der Waals surface area contributed by atoms with Gasteiger partial charge in [0.2, 0.25) is 23.6 Å². The molecule has 0 aliphatic carbocycles. The SMILES string of the molecule is NC(=O)CC[C@@H]1N[C@]2(C(=O)Nc3ccccc32)[C@H]2C(=O)N(c3cc(C(F)(F)F)ccc3Cl)C(=O)[C@H]12. The number of nitrogens with two attached hydrogens (primary N) is 1. The first-order valence-corrected chi connectivity index (χ1v) is 11.1. The summed E-state index contributed by atoms with van der Waals surface area (Å²) >= 11 is 6.14. The maximum absolute atomic E-state index is 13.8. The van der Waals surface area contributed by atoms with Gasteiger partial charge in [0, 0.05) is 23.7 Å². The fourth-order valence-corrected chi connectivity index (χ4v) is 5.60. The van der Waals surface area contributed by atoms with Gasteiger partial charge >= 0.3 is 6.18 Å². The average molecular weight is 507 g/mol. The summed E-state index contributed by atoms with van der Waals surface area (Å²) in [5, 5.41) is 5.59. The molecule has 2 fully saturated rings. The molecule has 8 nitrogen and oxygen atoms in total. The summed E-state index contributed by atoms with van der Waals surface area (Å²) in [4.78, 5) is 52.8. The van der Waals surface area contributed by atoms with Crippen LogP contribution in [0.2, 0.25) is 5.02 Å². The summed E-state index contributed by atoms with van der Waals surface area (Å²) in [7, 11) is 0. The Labute approximate surface area is 201 Å². The molecule has 35 heavy (non-hydrogen) atoms. The highest BCUT2D eigenvalue weighted by Gasteiger charge is 2.70. The number of hydrogen-bond donors (Lipinski definition) is 3. The van der Waals surface area contributed by atoms with Gasteiger partial charge in [-0.3, -0.25) is 24.5 Å². The Hall–Kier alpha value is -3.44. The van der Waals surface area contributed by atoms with Gasteiger partial charge in [0.15, 0.2) is 0 Å². The van der Waals surface area contributed by atoms with Crippen molar-refractivity contribution in [2.75, 3.05) is 10.2 Å². The van der Waals surface area contributed by atoms with E-state index in [1.165, 1.54) is 0 Å². The minimum absolute atomic E-state index is 0.0386. The number of nitrogens with zero attached hydrogens (tertiary/aromatic N) is 1. The summed E-state index contributed by atoms with van der Waals surface area (Å²) in [5.74, 6) is -5.30. The molecule has 0 saturated carbocycles. The van der Waals surface area contributed by atoms with Gasteiger partial charge in [-0.25, -0.2) is 4.90 Å². The number of halogens is 4. The van der Waals surface area contributed by atoms with Crippen molar-refractivity contribution >= 4 is 46.6 Å². The lowest BCUT2D eigenvalue weighted by Crippen LogP contribution is -2.53. The van der Waals surface area contributed by atoms with Crippen LogP contribution in [-0.2, 0) is 30.9 Å². The Kier molecular flexibility index (Phi) is 5.19. The fourth-order valence-electron chi connectivity index (χ4n) is 5.40. The van der Waals surface area contributed by atoms with Gasteiger partial charge in [0.25, 0.3) is 0 Å². The van der Waals surface area contributed by atoms with E-state index in [1.54, 1.807) is 24.3 Å². The zero-order chi connectivity index (χ0) is 25.3. The Morgan fingerprint density at radius 1 is 1.11 bits per heavy atom. The Balaban J connectivity index is 1.65. The standard InChI is InChI=1S/C23H18ClF3N4O4/c24-12-6-5-10(23(25,26)27)9-15(12)31-19(33)17-14(7-8-16(28)32)30-22(18(17)20(31)34)11-3-1-2-4-13(11)29-21(22)35/h1-6,9,14,17-18,30H,7-8H2,(H2,28,32)(H,29,35)/t14-,17+,18+,22-/m0/s1. The Morgan fingerprint density at radius 2 is 1.83 bits per heavy atom. The summed E-state index contributed by atoms with van der Waals surface area (Å²) in [6, 6.07) is 8.14. The molecule has 0 radical (unpaired) electrons. The molecular formula is C23H18ClF3N4O4. The number of alkyl halides is 3. The molecule has 182 valence electrons. The second kappa shape index (κ2) is 7.79. The van der Waals surface area contributed by atoms with Crippen LogP contribution in [0.25, 0.3) is 0 Å². The Morgan fingerprint density at radius 3 is 2.51 bits per heavy atom. The van der Waals surface area contributed by atoms with Crippen molar-refractivity contribution in [1.82, 2.24) is 5.32 Å². The van der Waals surface area contributed by atoms with Gasteiger partial charge in [-0.2, -0.15) is 13.2 Å². The molecule has 0 bridgehead atoms. The lowest BCUT2D eigenvalue weighted by atomic mass is 9.76. The number of primary amides is 1. The van der Waals surface area contributed by atoms with Crippen LogP contribution in [0.5, 0.6) is 0 Å². The van der Waals surface area contributed by atoms with Gasteiger partial charge in [-0.05, 0) is 30.7 Å². The van der Waals surface area contributed by atoms with Gasteiger partial charge in [0.05, 0.1) is 28.1 Å². The molecule has 4 amide bonds. The number of carbonyl (C=O) groups excluding carboxylic acids is 4. The molecule has 5 rings (SSSR count). The highest BCUT2D eigenvalue weighted by molar-refractivity contribution is 6.36. The normalized spacial score (nSPS) is 27.4. The van der Waals surface area contributed by atoms with E-state index in [4.69, 9.17) is 17.3 Å². The molecule has 3 aliphatic heterocycles. The Bertz CT molecular complexity index is 1300. The summed E-state index contributed by atoms with van der Waals surface area (Å²) in [5.41, 5.74) is 3.00. The molecule has 2 saturated heterocycles. The summed E-state index contributed by atoms with van der Waals surface area (Å²) < 4.78 is 40.1. The number of nitrogens with one attached hydrogen (secondary N) is 2. The molecule has 4 atom stereocenters. The van der Waals surface area contributed by atoms with Crippen molar-refractivity contribution < 1.29 is 32.3 Å². The van der Waals surface area contributed by atoms with Crippen LogP contribution in [0.3, 0.4) is 0 Å². The molecule has 3 aliphatic rings. The number of carbonyl (C=O) groups is 4. The zero-order valence-electron chi connectivity index (χ0n) is 17.9. The van der Waals surface area contributed by atoms with Crippen LogP contribution in [0.1, 0.15) is 24.0 Å². The molecule has 0 aromatic heterocycles. The third-order valence-electron chi connectivity index (χ3n) is 6.84. The number of para-hydroxylation sites is 1. The van der Waals surface area contributed by atoms with E-state index in [1.807, 2.05) is 0 Å². The van der Waals surface area contributed by atoms with Crippen LogP contribution >= 0.6 is 11.6 Å². The smallest absolute Gasteiger partial charge is 0.370 e. The van der Waals surface area contributed by atoms with Crippen molar-refractivity contribution in [3.63, 3.8) is 0 Å². The lowest BCUT2D eigenvalue weighted by Gasteiger charge is -2.29. The van der Waals surface area contributed by atoms with E-state index in [9.17, 15) is 32.3 Å². The van der Waals surface area contributed by atoms with E-state index >= 15 is 0 Å². The van der Waals surface area contributed by atoms with Crippen LogP contribution in [0.15, 0.2) is 42.5 Å². The van der Waals surface area contributed by atoms with E-state index < -0.39 is 64.5 Å². The molecule has 4 N–H and O–H groups in total. The third-order valence-corrected chi connectivity index (χ3v) is 7.16. The number of imide groups is 1. The van der Waals surface area contributed by atoms with Gasteiger partial charge in [-0.15, -0.1) is 0 Å². The molecule has 3 heterocycles. The largest absolute Gasteiger partial charge is 0.416 e. The van der Waals surface area contributed by atoms with Crippen molar-refractivity contribution in [2.45, 2.75) is 30.6 Å². The topological polar surface area (TPSA) is 122 Å². The van der Waals surface area contributed by atoms with Crippen molar-refractivity contribution in [3.8, 4) is 0 Å². The first-order chi connectivity index (χ1) is 16.5. The highest BCUT2D eigenvalue weighted by Crippen LogP contribution is 2.54. The van der Waals surface area contributed by atoms with Crippen LogP contribution in [-0.4, -0.2) is 29.7 Å². The number of anilines is 2. The maximum atomic E-state index is 13.8. The first kappa shape index (κ1) is 23.3. The van der Waals surface area contributed by atoms with E-state index in [-0.39, 0.29) is 17.9 Å². The monoisotopic (exact) mass is 506 g/mol. The predicted octanol–water partition coefficient (Wildman–Crippen LogP) is 2.55. The van der Waals surface area contributed by atoms with Crippen LogP contribution in [0, 0.1) is 11.8 Å². The minimum atomic E-state index is -4.74. The summed E-state index contributed by atoms with van der Waals surface area (Å²) in [6.45, 7) is 0. The van der Waals surface area contributed by atoms with E-state index in [0.717, 1.165) is 12.1 Å². The second-order valence-electron chi connectivity index (χ2n) is 8.74. The van der Waals surface area contributed by atoms with Crippen molar-refractivity contribution in [1.29, 1.82) is 0 Å². The van der Waals surface area contributed by atoms with Crippen molar-refractivity contribution in [3.05, 3.63) is 58.6 Å². The van der Waals surface area contributed by atoms with Gasteiger partial charge < -0.3 is 11.1 Å². The third kappa shape index (κ3) is 3.33. The fraction of sp³-hybridized carbons (Fsp3) is 0.304. The van der Waals surface area contributed by atoms with Crippen LogP contribution in [0.4, 0.5) is 24.5 Å². The van der Waals surface area contributed by atoms with Gasteiger partial charge in [0.1, 0.15) is 5.54 Å². The van der Waals surface area contributed by atoms with Gasteiger partial charge in [-0.1, -0.05) is 29.8 Å². The molecule has 12 heteroatoms. The molecule has 2 aromatic carbocycles. The minimum Gasteiger partial charge on any atom is -0.370 e. The van der Waals surface area contributed by atoms with E-state index in [0.29, 0.717) is 22.2 Å². The number of hydrogen-bond acceptors (Lipinski definition) is 5. The highest BCUT2D eigenvalue weighted by atomic mass is 35.5. The predicted molar refractivity (Wildman–Crippen MR) is 118 cm³/mol. The number of benzene rings is 2. The zero-order valence-corrected chi connectivity index (χ0v) is 18.6. The maximum Gasteiger partial charge on any atom is 0.416 e. The number of fused-ring (bicyclic) bond motifs is 4. The number of amides is 4. The van der Waals surface area contributed by atoms with Crippen molar-refractivity contribution in [2.24, 2.45) is 17.6 Å². The molecule has 0 unspecified atom stereocenters. The first-order valence-electron chi connectivity index (χ1n) is 10.7. The number of rotatable bonds is 4. The molecule has 1 spiro atoms.